The Balaban J connectivity index is 2.36. The van der Waals surface area contributed by atoms with Crippen LogP contribution in [-0.2, 0) is 0 Å². The van der Waals surface area contributed by atoms with Crippen LogP contribution in [-0.4, -0.2) is 19.0 Å². The molecule has 68 valence electrons. The molecule has 0 saturated heterocycles. The van der Waals surface area contributed by atoms with Crippen molar-refractivity contribution in [3.63, 3.8) is 0 Å². The smallest absolute Gasteiger partial charge is 0.162 e. The number of carbonyl (C=O) groups excluding carboxylic acids is 1. The molecule has 13 heavy (non-hydrogen) atoms. The summed E-state index contributed by atoms with van der Waals surface area (Å²) >= 11 is 0. The number of benzene rings is 1. The molecule has 0 bridgehead atoms. The number of hydrogen-bond acceptors (Lipinski definition) is 3. The number of carbonyl (C=O) groups is 1. The van der Waals surface area contributed by atoms with Crippen LogP contribution in [0, 0.1) is 0 Å². The van der Waals surface area contributed by atoms with E-state index >= 15 is 0 Å². The molecule has 1 aromatic carbocycles. The Morgan fingerprint density at radius 2 is 2.31 bits per heavy atom. The lowest BCUT2D eigenvalue weighted by atomic mass is 10.2. The van der Waals surface area contributed by atoms with Gasteiger partial charge in [-0.15, -0.1) is 0 Å². The van der Waals surface area contributed by atoms with Crippen LogP contribution in [0.2, 0.25) is 0 Å². The molecule has 0 aliphatic carbocycles. The topological polar surface area (TPSA) is 35.5 Å². The van der Waals surface area contributed by atoms with Gasteiger partial charge < -0.3 is 9.47 Å². The van der Waals surface area contributed by atoms with E-state index in [0.29, 0.717) is 23.7 Å². The van der Waals surface area contributed by atoms with Gasteiger partial charge in [-0.05, 0) is 25.1 Å². The van der Waals surface area contributed by atoms with E-state index in [9.17, 15) is 4.79 Å². The van der Waals surface area contributed by atoms with Crippen molar-refractivity contribution in [1.82, 2.24) is 0 Å². The molecule has 0 saturated carbocycles. The van der Waals surface area contributed by atoms with Crippen LogP contribution in [0.5, 0.6) is 11.5 Å². The second kappa shape index (κ2) is 3.09. The summed E-state index contributed by atoms with van der Waals surface area (Å²) in [6.07, 6.45) is 0.872. The molecule has 0 aromatic heterocycles. The zero-order valence-corrected chi connectivity index (χ0v) is 7.32. The van der Waals surface area contributed by atoms with Crippen molar-refractivity contribution in [1.29, 1.82) is 0 Å². The van der Waals surface area contributed by atoms with Crippen molar-refractivity contribution in [2.45, 2.75) is 13.0 Å². The second-order valence-corrected chi connectivity index (χ2v) is 3.06. The van der Waals surface area contributed by atoms with E-state index in [1.807, 2.05) is 6.92 Å². The predicted octanol–water partition coefficient (Wildman–Crippen LogP) is 1.66. The van der Waals surface area contributed by atoms with Crippen LogP contribution >= 0.6 is 0 Å². The van der Waals surface area contributed by atoms with E-state index in [2.05, 4.69) is 0 Å². The zero-order valence-electron chi connectivity index (χ0n) is 7.32. The van der Waals surface area contributed by atoms with Gasteiger partial charge in [0, 0.05) is 5.56 Å². The van der Waals surface area contributed by atoms with Gasteiger partial charge in [-0.3, -0.25) is 4.79 Å². The van der Waals surface area contributed by atoms with Gasteiger partial charge in [-0.2, -0.15) is 0 Å². The van der Waals surface area contributed by atoms with Gasteiger partial charge >= 0.3 is 0 Å². The molecule has 1 aromatic rings. The Hall–Kier alpha value is -1.51. The summed E-state index contributed by atoms with van der Waals surface area (Å²) < 4.78 is 10.9. The van der Waals surface area contributed by atoms with E-state index in [1.165, 1.54) is 0 Å². The van der Waals surface area contributed by atoms with Gasteiger partial charge in [0.2, 0.25) is 0 Å². The molecule has 1 atom stereocenters. The van der Waals surface area contributed by atoms with Crippen molar-refractivity contribution in [2.75, 3.05) is 6.61 Å². The number of aldehydes is 1. The molecule has 1 unspecified atom stereocenters. The minimum absolute atomic E-state index is 0.0783. The van der Waals surface area contributed by atoms with E-state index < -0.39 is 0 Å². The van der Waals surface area contributed by atoms with E-state index in [4.69, 9.17) is 9.47 Å². The number of rotatable bonds is 1. The molecule has 3 nitrogen and oxygen atoms in total. The lowest BCUT2D eigenvalue weighted by Gasteiger charge is -2.23. The normalized spacial score (nSPS) is 19.6. The van der Waals surface area contributed by atoms with Gasteiger partial charge in [0.1, 0.15) is 19.0 Å². The fourth-order valence-electron chi connectivity index (χ4n) is 1.27. The fourth-order valence-corrected chi connectivity index (χ4v) is 1.27. The first-order valence-electron chi connectivity index (χ1n) is 4.18. The highest BCUT2D eigenvalue weighted by atomic mass is 16.6. The van der Waals surface area contributed by atoms with Crippen molar-refractivity contribution in [2.24, 2.45) is 0 Å². The van der Waals surface area contributed by atoms with Gasteiger partial charge in [-0.1, -0.05) is 0 Å². The highest BCUT2D eigenvalue weighted by Crippen LogP contribution is 2.31. The lowest BCUT2D eigenvalue weighted by molar-refractivity contribution is 0.103. The second-order valence-electron chi connectivity index (χ2n) is 3.06. The first kappa shape index (κ1) is 8.10. The van der Waals surface area contributed by atoms with Gasteiger partial charge in [-0.25, -0.2) is 0 Å². The standard InChI is InChI=1S/C10H10O3/c1-7-6-12-10-4-8(5-11)2-3-9(10)13-7/h2-5,7H,6H2,1H3. The van der Waals surface area contributed by atoms with Crippen molar-refractivity contribution >= 4 is 6.29 Å². The van der Waals surface area contributed by atoms with Crippen LogP contribution in [0.4, 0.5) is 0 Å². The number of fused-ring (bicyclic) bond motifs is 1. The average molecular weight is 178 g/mol. The highest BCUT2D eigenvalue weighted by molar-refractivity contribution is 5.76. The largest absolute Gasteiger partial charge is 0.486 e. The summed E-state index contributed by atoms with van der Waals surface area (Å²) in [6, 6.07) is 5.16. The Bertz CT molecular complexity index is 333. The highest BCUT2D eigenvalue weighted by Gasteiger charge is 2.16. The maximum atomic E-state index is 10.5. The molecule has 0 spiro atoms. The van der Waals surface area contributed by atoms with Crippen molar-refractivity contribution in [3.05, 3.63) is 23.8 Å². The van der Waals surface area contributed by atoms with Gasteiger partial charge in [0.05, 0.1) is 0 Å². The molecule has 0 radical (unpaired) electrons. The summed E-state index contributed by atoms with van der Waals surface area (Å²) in [5.41, 5.74) is 0.608. The van der Waals surface area contributed by atoms with Crippen LogP contribution in [0.25, 0.3) is 0 Å². The Labute approximate surface area is 76.3 Å². The van der Waals surface area contributed by atoms with Gasteiger partial charge in [0.25, 0.3) is 0 Å². The summed E-state index contributed by atoms with van der Waals surface area (Å²) in [6.45, 7) is 2.48. The molecule has 1 heterocycles. The number of hydrogen-bond donors (Lipinski definition) is 0. The maximum absolute atomic E-state index is 10.5. The third kappa shape index (κ3) is 1.49. The molecule has 0 fully saturated rings. The van der Waals surface area contributed by atoms with E-state index in [1.54, 1.807) is 18.2 Å². The SMILES string of the molecule is CC1COc2cc(C=O)ccc2O1. The molecular weight excluding hydrogens is 168 g/mol. The van der Waals surface area contributed by atoms with Gasteiger partial charge in [0.15, 0.2) is 11.5 Å². The summed E-state index contributed by atoms with van der Waals surface area (Å²) in [5.74, 6) is 1.37. The van der Waals surface area contributed by atoms with Crippen LogP contribution in [0.3, 0.4) is 0 Å². The Morgan fingerprint density at radius 3 is 3.08 bits per heavy atom. The molecule has 3 heteroatoms. The summed E-state index contributed by atoms with van der Waals surface area (Å²) in [5, 5.41) is 0. The van der Waals surface area contributed by atoms with E-state index in [0.717, 1.165) is 6.29 Å². The lowest BCUT2D eigenvalue weighted by Crippen LogP contribution is -2.25. The predicted molar refractivity (Wildman–Crippen MR) is 47.4 cm³/mol. The third-order valence-corrected chi connectivity index (χ3v) is 1.91. The fraction of sp³-hybridized carbons (Fsp3) is 0.300. The first-order valence-corrected chi connectivity index (χ1v) is 4.18. The van der Waals surface area contributed by atoms with Crippen LogP contribution < -0.4 is 9.47 Å². The van der Waals surface area contributed by atoms with E-state index in [-0.39, 0.29) is 6.10 Å². The Kier molecular flexibility index (Phi) is 1.93. The molecule has 0 N–H and O–H groups in total. The maximum Gasteiger partial charge on any atom is 0.162 e. The Morgan fingerprint density at radius 1 is 1.46 bits per heavy atom. The average Bonchev–Trinajstić information content (AvgIpc) is 2.17. The quantitative estimate of drug-likeness (QED) is 0.613. The summed E-state index contributed by atoms with van der Waals surface area (Å²) in [7, 11) is 0. The third-order valence-electron chi connectivity index (χ3n) is 1.91. The van der Waals surface area contributed by atoms with Crippen LogP contribution in [0.15, 0.2) is 18.2 Å². The van der Waals surface area contributed by atoms with Crippen molar-refractivity contribution < 1.29 is 14.3 Å². The molecule has 1 aliphatic heterocycles. The molecular formula is C10H10O3. The minimum Gasteiger partial charge on any atom is -0.486 e. The van der Waals surface area contributed by atoms with Crippen molar-refractivity contribution in [3.8, 4) is 11.5 Å². The van der Waals surface area contributed by atoms with Crippen LogP contribution in [0.1, 0.15) is 17.3 Å². The molecule has 1 aliphatic rings. The number of ether oxygens (including phenoxy) is 2. The monoisotopic (exact) mass is 178 g/mol. The molecule has 2 rings (SSSR count). The first-order chi connectivity index (χ1) is 6.29. The zero-order chi connectivity index (χ0) is 9.26. The summed E-state index contributed by atoms with van der Waals surface area (Å²) in [4.78, 5) is 10.5. The minimum atomic E-state index is 0.0783. The molecule has 0 amide bonds.